The molecule has 0 aliphatic rings. The van der Waals surface area contributed by atoms with Crippen LogP contribution in [-0.4, -0.2) is 5.78 Å². The van der Waals surface area contributed by atoms with E-state index in [1.807, 2.05) is 91.9 Å². The van der Waals surface area contributed by atoms with Gasteiger partial charge in [0.05, 0.1) is 0 Å². The summed E-state index contributed by atoms with van der Waals surface area (Å²) in [7, 11) is 0. The third kappa shape index (κ3) is 3.10. The number of carbonyl (C=O) groups excluding carboxylic acids is 1. The second-order valence-corrected chi connectivity index (χ2v) is 10.6. The maximum atomic E-state index is 14.4. The van der Waals surface area contributed by atoms with Crippen LogP contribution in [0.3, 0.4) is 0 Å². The molecule has 180 valence electrons. The zero-order valence-electron chi connectivity index (χ0n) is 20.3. The van der Waals surface area contributed by atoms with Crippen LogP contribution in [0.25, 0.3) is 54.2 Å². The van der Waals surface area contributed by atoms with Gasteiger partial charge in [-0.2, -0.15) is 0 Å². The van der Waals surface area contributed by atoms with Gasteiger partial charge in [-0.05, 0) is 35.4 Å². The first-order valence-corrected chi connectivity index (χ1v) is 13.1. The van der Waals surface area contributed by atoms with Gasteiger partial charge < -0.3 is 0 Å². The van der Waals surface area contributed by atoms with Crippen LogP contribution in [0, 0.1) is 6.92 Å². The highest BCUT2D eigenvalue weighted by Crippen LogP contribution is 2.44. The molecule has 0 fully saturated rings. The average Bonchev–Trinajstić information content (AvgIpc) is 3.40. The molecule has 7 aromatic carbocycles. The Balaban J connectivity index is 1.82. The van der Waals surface area contributed by atoms with Gasteiger partial charge in [-0.25, -0.2) is 0 Å². The van der Waals surface area contributed by atoms with Gasteiger partial charge in [-0.15, -0.1) is 0 Å². The lowest BCUT2D eigenvalue weighted by Gasteiger charge is -2.15. The number of aryl methyl sites for hydroxylation is 1. The van der Waals surface area contributed by atoms with E-state index >= 15 is 0 Å². The summed E-state index contributed by atoms with van der Waals surface area (Å²) in [5.74, 6) is -0.213. The molecule has 0 atom stereocenters. The van der Waals surface area contributed by atoms with Crippen molar-refractivity contribution in [1.82, 2.24) is 0 Å². The van der Waals surface area contributed by atoms with Gasteiger partial charge in [0, 0.05) is 53.5 Å². The lowest BCUT2D eigenvalue weighted by Crippen LogP contribution is -2.08. The first-order valence-electron chi connectivity index (χ1n) is 12.3. The maximum Gasteiger partial charge on any atom is 0.194 e. The van der Waals surface area contributed by atoms with E-state index in [0.29, 0.717) is 49.0 Å². The number of rotatable bonds is 3. The molecule has 7 rings (SSSR count). The third-order valence-corrected chi connectivity index (χ3v) is 8.04. The Hall–Kier alpha value is -4.41. The van der Waals surface area contributed by atoms with E-state index in [0.717, 1.165) is 26.4 Å². The Labute approximate surface area is 225 Å². The van der Waals surface area contributed by atoms with E-state index in [4.69, 9.17) is 0 Å². The molecule has 0 radical (unpaired) electrons. The summed E-state index contributed by atoms with van der Waals surface area (Å²) >= 11 is 3.51. The average molecular weight is 555 g/mol. The number of carbonyl (C=O) groups is 1. The van der Waals surface area contributed by atoms with Crippen LogP contribution < -0.4 is 10.9 Å². The van der Waals surface area contributed by atoms with Crippen LogP contribution in [0.2, 0.25) is 0 Å². The molecule has 0 saturated carbocycles. The van der Waals surface area contributed by atoms with E-state index in [-0.39, 0.29) is 16.6 Å². The number of hydrogen-bond donors (Lipinski definition) is 0. The Morgan fingerprint density at radius 2 is 1.11 bits per heavy atom. The molecular formula is C34H19BrO3. The first kappa shape index (κ1) is 22.8. The maximum absolute atomic E-state index is 14.4. The Morgan fingerprint density at radius 3 is 1.71 bits per heavy atom. The van der Waals surface area contributed by atoms with Crippen molar-refractivity contribution in [3.63, 3.8) is 0 Å². The zero-order valence-corrected chi connectivity index (χ0v) is 21.9. The lowest BCUT2D eigenvalue weighted by molar-refractivity contribution is 0.104. The monoisotopic (exact) mass is 554 g/mol. The fraction of sp³-hybridized carbons (Fsp3) is 0.0294. The number of fused-ring (bicyclic) bond motifs is 7. The predicted molar refractivity (Wildman–Crippen MR) is 159 cm³/mol. The van der Waals surface area contributed by atoms with Gasteiger partial charge >= 0.3 is 0 Å². The van der Waals surface area contributed by atoms with E-state index in [1.165, 1.54) is 0 Å². The first-order chi connectivity index (χ1) is 18.5. The molecule has 38 heavy (non-hydrogen) atoms. The Kier molecular flexibility index (Phi) is 4.97. The molecule has 0 heterocycles. The fourth-order valence-electron chi connectivity index (χ4n) is 5.79. The molecule has 0 aliphatic carbocycles. The lowest BCUT2D eigenvalue weighted by atomic mass is 9.86. The van der Waals surface area contributed by atoms with Gasteiger partial charge in [0.15, 0.2) is 16.6 Å². The summed E-state index contributed by atoms with van der Waals surface area (Å²) in [6, 6.07) is 29.9. The van der Waals surface area contributed by atoms with Crippen molar-refractivity contribution in [2.24, 2.45) is 0 Å². The van der Waals surface area contributed by atoms with E-state index in [9.17, 15) is 14.4 Å². The molecule has 0 spiro atoms. The molecule has 0 saturated heterocycles. The molecular weight excluding hydrogens is 536 g/mol. The van der Waals surface area contributed by atoms with Crippen LogP contribution in [0.4, 0.5) is 0 Å². The molecule has 0 N–H and O–H groups in total. The topological polar surface area (TPSA) is 51.2 Å². The van der Waals surface area contributed by atoms with E-state index < -0.39 is 0 Å². The van der Waals surface area contributed by atoms with Crippen molar-refractivity contribution in [1.29, 1.82) is 0 Å². The summed E-state index contributed by atoms with van der Waals surface area (Å²) < 4.78 is 0.889. The van der Waals surface area contributed by atoms with Gasteiger partial charge in [0.2, 0.25) is 0 Å². The number of ketones is 1. The van der Waals surface area contributed by atoms with Crippen LogP contribution >= 0.6 is 15.9 Å². The highest BCUT2D eigenvalue weighted by molar-refractivity contribution is 9.10. The Morgan fingerprint density at radius 1 is 0.579 bits per heavy atom. The smallest absolute Gasteiger partial charge is 0.194 e. The summed E-state index contributed by atoms with van der Waals surface area (Å²) in [5.41, 5.74) is 2.94. The van der Waals surface area contributed by atoms with Crippen molar-refractivity contribution in [3.8, 4) is 11.1 Å². The summed E-state index contributed by atoms with van der Waals surface area (Å²) in [4.78, 5) is 42.5. The van der Waals surface area contributed by atoms with Crippen molar-refractivity contribution in [2.75, 3.05) is 0 Å². The zero-order chi connectivity index (χ0) is 26.1. The van der Waals surface area contributed by atoms with Crippen molar-refractivity contribution in [2.45, 2.75) is 6.92 Å². The summed E-state index contributed by atoms with van der Waals surface area (Å²) in [5, 5.41) is 4.65. The number of hydrogen-bond acceptors (Lipinski definition) is 3. The van der Waals surface area contributed by atoms with Gasteiger partial charge in [0.1, 0.15) is 0 Å². The van der Waals surface area contributed by atoms with Crippen LogP contribution in [0.1, 0.15) is 21.5 Å². The van der Waals surface area contributed by atoms with Gasteiger partial charge in [0.25, 0.3) is 0 Å². The molecule has 0 aliphatic heterocycles. The van der Waals surface area contributed by atoms with Crippen LogP contribution in [0.5, 0.6) is 0 Å². The molecule has 0 bridgehead atoms. The second-order valence-electron chi connectivity index (χ2n) is 9.70. The van der Waals surface area contributed by atoms with Crippen molar-refractivity contribution < 1.29 is 4.79 Å². The minimum absolute atomic E-state index is 0.156. The molecule has 0 unspecified atom stereocenters. The summed E-state index contributed by atoms with van der Waals surface area (Å²) in [6.45, 7) is 1.97. The van der Waals surface area contributed by atoms with E-state index in [1.54, 1.807) is 12.1 Å². The normalized spacial score (nSPS) is 11.7. The van der Waals surface area contributed by atoms with Crippen molar-refractivity contribution in [3.05, 3.63) is 139 Å². The quantitative estimate of drug-likeness (QED) is 0.209. The molecule has 0 aromatic heterocycles. The van der Waals surface area contributed by atoms with Crippen LogP contribution in [-0.2, 0) is 0 Å². The minimum atomic E-state index is -0.213. The third-order valence-electron chi connectivity index (χ3n) is 7.51. The highest BCUT2D eigenvalue weighted by atomic mass is 79.9. The minimum Gasteiger partial charge on any atom is -0.289 e. The fourth-order valence-corrected chi connectivity index (χ4v) is 6.06. The summed E-state index contributed by atoms with van der Waals surface area (Å²) in [6.07, 6.45) is 0. The SMILES string of the molecule is Cc1ccc(C(=O)c2c(-c3ccc(Br)cc3)c3c(=O)c4ccccc4c3c3c(=O)c4ccccc4c23)cc1. The number of benzene rings is 5. The molecule has 4 heteroatoms. The van der Waals surface area contributed by atoms with Gasteiger partial charge in [-0.3, -0.25) is 14.4 Å². The second kappa shape index (κ2) is 8.30. The standard InChI is InChI=1S/C34H19BrO3/c1-18-10-12-20(13-11-18)32(36)29-26(19-14-16-21(35)17-15-19)30-28(23-7-3-4-8-24(23)33(30)37)31-27(29)22-6-2-5-9-25(22)34(31)38/h2-17H,1H3. The molecule has 3 nitrogen and oxygen atoms in total. The highest BCUT2D eigenvalue weighted by Gasteiger charge is 2.29. The van der Waals surface area contributed by atoms with E-state index in [2.05, 4.69) is 15.9 Å². The Bertz CT molecular complexity index is 2180. The van der Waals surface area contributed by atoms with Crippen LogP contribution in [0.15, 0.2) is 111 Å². The van der Waals surface area contributed by atoms with Crippen molar-refractivity contribution >= 4 is 64.8 Å². The number of halogens is 1. The molecule has 0 amide bonds. The van der Waals surface area contributed by atoms with Gasteiger partial charge in [-0.1, -0.05) is 106 Å². The predicted octanol–water partition coefficient (Wildman–Crippen LogP) is 7.86. The molecule has 7 aromatic rings. The largest absolute Gasteiger partial charge is 0.289 e.